The predicted molar refractivity (Wildman–Crippen MR) is 26.3 cm³/mol. The van der Waals surface area contributed by atoms with E-state index in [0.717, 1.165) is 0 Å². The van der Waals surface area contributed by atoms with Crippen LogP contribution < -0.4 is 5.73 Å². The summed E-state index contributed by atoms with van der Waals surface area (Å²) in [4.78, 5) is 9.75. The maximum absolute atomic E-state index is 11.3. The lowest BCUT2D eigenvalue weighted by molar-refractivity contribution is -0.156. The van der Waals surface area contributed by atoms with E-state index in [4.69, 9.17) is 5.11 Å². The highest BCUT2D eigenvalue weighted by molar-refractivity contribution is 5.73. The van der Waals surface area contributed by atoms with Crippen molar-refractivity contribution in [2.24, 2.45) is 5.73 Å². The molecule has 6 heteroatoms. The molecule has 3 nitrogen and oxygen atoms in total. The van der Waals surface area contributed by atoms with Crippen LogP contribution in [0.15, 0.2) is 0 Å². The van der Waals surface area contributed by atoms with Crippen molar-refractivity contribution < 1.29 is 23.1 Å². The standard InChI is InChI=1S/C4H6F3NO2/c5-4(6,7)1-2(8)3(9)10/h2H,1,8H2,(H,9,10)/t2-/m0/s1. The second kappa shape index (κ2) is 2.87. The maximum atomic E-state index is 11.3. The van der Waals surface area contributed by atoms with Crippen molar-refractivity contribution in [3.8, 4) is 0 Å². The molecule has 1 atom stereocenters. The summed E-state index contributed by atoms with van der Waals surface area (Å²) >= 11 is 0. The molecule has 60 valence electrons. The number of aliphatic carboxylic acids is 1. The van der Waals surface area contributed by atoms with Crippen LogP contribution in [0.25, 0.3) is 0 Å². The number of carbonyl (C=O) groups is 1. The zero-order chi connectivity index (χ0) is 8.36. The molecule has 0 amide bonds. The molecule has 0 saturated heterocycles. The van der Waals surface area contributed by atoms with Crippen molar-refractivity contribution in [2.75, 3.05) is 0 Å². The predicted octanol–water partition coefficient (Wildman–Crippen LogP) is 0.351. The quantitative estimate of drug-likeness (QED) is 0.607. The van der Waals surface area contributed by atoms with Gasteiger partial charge in [-0.2, -0.15) is 13.2 Å². The molecule has 10 heavy (non-hydrogen) atoms. The minimum absolute atomic E-state index is 1.48. The summed E-state index contributed by atoms with van der Waals surface area (Å²) in [7, 11) is 0. The number of halogens is 3. The van der Waals surface area contributed by atoms with Crippen molar-refractivity contribution in [1.29, 1.82) is 0 Å². The third kappa shape index (κ3) is 4.13. The molecule has 0 aliphatic heterocycles. The van der Waals surface area contributed by atoms with Crippen LogP contribution in [0, 0.1) is 0 Å². The van der Waals surface area contributed by atoms with E-state index in [-0.39, 0.29) is 0 Å². The lowest BCUT2D eigenvalue weighted by Gasteiger charge is -2.08. The molecule has 0 aromatic carbocycles. The average molecular weight is 157 g/mol. The first-order valence-electron chi connectivity index (χ1n) is 2.38. The van der Waals surface area contributed by atoms with Gasteiger partial charge >= 0.3 is 12.1 Å². The molecule has 0 aromatic heterocycles. The van der Waals surface area contributed by atoms with E-state index in [0.29, 0.717) is 0 Å². The molecule has 0 heterocycles. The Hall–Kier alpha value is -0.780. The number of alkyl halides is 3. The summed E-state index contributed by atoms with van der Waals surface area (Å²) in [6.07, 6.45) is -5.99. The average Bonchev–Trinajstić information content (AvgIpc) is 1.60. The Morgan fingerprint density at radius 2 is 2.00 bits per heavy atom. The summed E-state index contributed by atoms with van der Waals surface area (Å²) in [5, 5.41) is 7.92. The van der Waals surface area contributed by atoms with Crippen molar-refractivity contribution in [3.63, 3.8) is 0 Å². The number of carboxylic acid groups (broad SMARTS) is 1. The fourth-order valence-electron chi connectivity index (χ4n) is 0.337. The SMILES string of the molecule is N[C@@H](CC(F)(F)F)C(=O)O. The lowest BCUT2D eigenvalue weighted by atomic mass is 10.2. The van der Waals surface area contributed by atoms with Crippen LogP contribution in [0.1, 0.15) is 6.42 Å². The minimum atomic E-state index is -4.50. The van der Waals surface area contributed by atoms with Gasteiger partial charge in [0.15, 0.2) is 0 Å². The zero-order valence-electron chi connectivity index (χ0n) is 4.85. The normalized spacial score (nSPS) is 14.8. The van der Waals surface area contributed by atoms with Gasteiger partial charge in [-0.1, -0.05) is 0 Å². The highest BCUT2D eigenvalue weighted by atomic mass is 19.4. The van der Waals surface area contributed by atoms with Crippen LogP contribution in [0.5, 0.6) is 0 Å². The molecule has 0 rings (SSSR count). The number of hydrogen-bond acceptors (Lipinski definition) is 2. The van der Waals surface area contributed by atoms with Crippen LogP contribution in [-0.2, 0) is 4.79 Å². The van der Waals surface area contributed by atoms with E-state index < -0.39 is 24.6 Å². The molecule has 0 aromatic rings. The number of carboxylic acids is 1. The molecule has 3 N–H and O–H groups in total. The van der Waals surface area contributed by atoms with Gasteiger partial charge in [-0.05, 0) is 0 Å². The van der Waals surface area contributed by atoms with E-state index in [9.17, 15) is 18.0 Å². The van der Waals surface area contributed by atoms with E-state index in [1.54, 1.807) is 0 Å². The smallest absolute Gasteiger partial charge is 0.391 e. The van der Waals surface area contributed by atoms with Crippen LogP contribution in [-0.4, -0.2) is 23.3 Å². The molecular formula is C4H6F3NO2. The first-order chi connectivity index (χ1) is 4.33. The number of nitrogens with two attached hydrogens (primary N) is 1. The monoisotopic (exact) mass is 157 g/mol. The van der Waals surface area contributed by atoms with Crippen LogP contribution >= 0.6 is 0 Å². The Morgan fingerprint density at radius 1 is 1.60 bits per heavy atom. The fourth-order valence-corrected chi connectivity index (χ4v) is 0.337. The van der Waals surface area contributed by atoms with Gasteiger partial charge in [0.05, 0.1) is 6.42 Å². The summed E-state index contributed by atoms with van der Waals surface area (Å²) in [5.74, 6) is -1.64. The summed E-state index contributed by atoms with van der Waals surface area (Å²) < 4.78 is 34.0. The highest BCUT2D eigenvalue weighted by Crippen LogP contribution is 2.20. The molecule has 0 saturated carbocycles. The van der Waals surface area contributed by atoms with Crippen molar-refractivity contribution in [1.82, 2.24) is 0 Å². The van der Waals surface area contributed by atoms with Gasteiger partial charge in [-0.25, -0.2) is 0 Å². The molecule has 0 unspecified atom stereocenters. The Bertz CT molecular complexity index is 133. The van der Waals surface area contributed by atoms with E-state index in [1.807, 2.05) is 0 Å². The summed E-state index contributed by atoms with van der Waals surface area (Å²) in [6, 6.07) is -1.85. The molecule has 0 spiro atoms. The van der Waals surface area contributed by atoms with Crippen LogP contribution in [0.2, 0.25) is 0 Å². The highest BCUT2D eigenvalue weighted by Gasteiger charge is 2.33. The number of rotatable bonds is 2. The molecule has 0 radical (unpaired) electrons. The molecular weight excluding hydrogens is 151 g/mol. The lowest BCUT2D eigenvalue weighted by Crippen LogP contribution is -2.34. The first kappa shape index (κ1) is 9.22. The van der Waals surface area contributed by atoms with Gasteiger partial charge in [-0.3, -0.25) is 4.79 Å². The van der Waals surface area contributed by atoms with Crippen LogP contribution in [0.4, 0.5) is 13.2 Å². The second-order valence-electron chi connectivity index (χ2n) is 1.76. The Kier molecular flexibility index (Phi) is 2.65. The zero-order valence-corrected chi connectivity index (χ0v) is 4.85. The molecule has 0 aliphatic rings. The van der Waals surface area contributed by atoms with Crippen molar-refractivity contribution >= 4 is 5.97 Å². The summed E-state index contributed by atoms with van der Waals surface area (Å²) in [6.45, 7) is 0. The minimum Gasteiger partial charge on any atom is -0.480 e. The van der Waals surface area contributed by atoms with Crippen molar-refractivity contribution in [3.05, 3.63) is 0 Å². The second-order valence-corrected chi connectivity index (χ2v) is 1.76. The van der Waals surface area contributed by atoms with Gasteiger partial charge < -0.3 is 10.8 Å². The van der Waals surface area contributed by atoms with Crippen molar-refractivity contribution in [2.45, 2.75) is 18.6 Å². The third-order valence-electron chi connectivity index (χ3n) is 0.769. The van der Waals surface area contributed by atoms with Gasteiger partial charge in [0.25, 0.3) is 0 Å². The Labute approximate surface area is 54.6 Å². The van der Waals surface area contributed by atoms with E-state index in [2.05, 4.69) is 5.73 Å². The molecule has 0 bridgehead atoms. The van der Waals surface area contributed by atoms with E-state index in [1.165, 1.54) is 0 Å². The maximum Gasteiger partial charge on any atom is 0.391 e. The largest absolute Gasteiger partial charge is 0.480 e. The number of hydrogen-bond donors (Lipinski definition) is 2. The molecule has 0 aliphatic carbocycles. The van der Waals surface area contributed by atoms with Gasteiger partial charge in [0.2, 0.25) is 0 Å². The van der Waals surface area contributed by atoms with Gasteiger partial charge in [-0.15, -0.1) is 0 Å². The van der Waals surface area contributed by atoms with Crippen LogP contribution in [0.3, 0.4) is 0 Å². The third-order valence-corrected chi connectivity index (χ3v) is 0.769. The van der Waals surface area contributed by atoms with E-state index >= 15 is 0 Å². The Morgan fingerprint density at radius 3 is 2.10 bits per heavy atom. The van der Waals surface area contributed by atoms with Gasteiger partial charge in [0.1, 0.15) is 6.04 Å². The Balaban J connectivity index is 3.80. The topological polar surface area (TPSA) is 63.3 Å². The fraction of sp³-hybridized carbons (Fsp3) is 0.750. The molecule has 0 fully saturated rings. The first-order valence-corrected chi connectivity index (χ1v) is 2.38. The van der Waals surface area contributed by atoms with Gasteiger partial charge in [0, 0.05) is 0 Å². The summed E-state index contributed by atoms with van der Waals surface area (Å²) in [5.41, 5.74) is 4.58.